The normalized spacial score (nSPS) is 12.0. The number of carbonyl (C=O) groups excluding carboxylic acids is 2. The number of benzene rings is 3. The van der Waals surface area contributed by atoms with Gasteiger partial charge in [0.2, 0.25) is 21.8 Å². The monoisotopic (exact) mass is 563 g/mol. The molecule has 214 valence electrons. The smallest absolute Gasteiger partial charge is 0.243 e. The zero-order chi connectivity index (χ0) is 29.1. The van der Waals surface area contributed by atoms with Gasteiger partial charge in [0, 0.05) is 32.5 Å². The molecule has 40 heavy (non-hydrogen) atoms. The standard InChI is InChI=1S/C32H41N3O4S/c1-5-21-33-32(37)30(23-27-13-7-6-8-14-27)34(24-28-19-17-25(2)18-20-28)31(36)16-11-22-35(40(4,38)39)29-15-10-9-12-26(29)3/h6-10,12-15,17-20,30H,5,11,16,21-24H2,1-4H3,(H,33,37)/t30-/m0/s1. The Morgan fingerprint density at radius 3 is 2.15 bits per heavy atom. The predicted molar refractivity (Wildman–Crippen MR) is 162 cm³/mol. The summed E-state index contributed by atoms with van der Waals surface area (Å²) < 4.78 is 26.6. The predicted octanol–water partition coefficient (Wildman–Crippen LogP) is 5.02. The molecule has 0 unspecified atom stereocenters. The second-order valence-electron chi connectivity index (χ2n) is 10.2. The number of aryl methyl sites for hydroxylation is 2. The van der Waals surface area contributed by atoms with Crippen LogP contribution in [0.3, 0.4) is 0 Å². The van der Waals surface area contributed by atoms with Crippen LogP contribution in [0.5, 0.6) is 0 Å². The van der Waals surface area contributed by atoms with Crippen LogP contribution in [-0.2, 0) is 32.6 Å². The first-order valence-corrected chi connectivity index (χ1v) is 15.6. The summed E-state index contributed by atoms with van der Waals surface area (Å²) in [5.41, 5.74) is 4.45. The van der Waals surface area contributed by atoms with Crippen molar-refractivity contribution < 1.29 is 18.0 Å². The number of hydrogen-bond donors (Lipinski definition) is 1. The lowest BCUT2D eigenvalue weighted by molar-refractivity contribution is -0.141. The van der Waals surface area contributed by atoms with E-state index in [9.17, 15) is 18.0 Å². The summed E-state index contributed by atoms with van der Waals surface area (Å²) in [6.45, 7) is 6.83. The summed E-state index contributed by atoms with van der Waals surface area (Å²) >= 11 is 0. The maximum atomic E-state index is 13.8. The molecule has 0 radical (unpaired) electrons. The molecular formula is C32H41N3O4S. The molecule has 0 aliphatic heterocycles. The molecule has 1 atom stereocenters. The van der Waals surface area contributed by atoms with Gasteiger partial charge in [0.15, 0.2) is 0 Å². The average molecular weight is 564 g/mol. The van der Waals surface area contributed by atoms with Crippen molar-refractivity contribution in [3.8, 4) is 0 Å². The van der Waals surface area contributed by atoms with Crippen molar-refractivity contribution in [1.82, 2.24) is 10.2 Å². The molecule has 2 amide bonds. The first kappa shape index (κ1) is 30.9. The van der Waals surface area contributed by atoms with Crippen LogP contribution in [0.25, 0.3) is 0 Å². The lowest BCUT2D eigenvalue weighted by atomic mass is 10.0. The van der Waals surface area contributed by atoms with Crippen LogP contribution in [0, 0.1) is 13.8 Å². The molecule has 0 heterocycles. The Balaban J connectivity index is 1.87. The molecule has 0 aromatic heterocycles. The maximum Gasteiger partial charge on any atom is 0.243 e. The molecule has 0 saturated carbocycles. The molecular weight excluding hydrogens is 522 g/mol. The minimum Gasteiger partial charge on any atom is -0.354 e. The third-order valence-electron chi connectivity index (χ3n) is 6.83. The number of sulfonamides is 1. The van der Waals surface area contributed by atoms with Crippen molar-refractivity contribution >= 4 is 27.5 Å². The van der Waals surface area contributed by atoms with E-state index >= 15 is 0 Å². The number of hydrogen-bond acceptors (Lipinski definition) is 4. The lowest BCUT2D eigenvalue weighted by Crippen LogP contribution is -2.50. The van der Waals surface area contributed by atoms with Crippen molar-refractivity contribution in [2.24, 2.45) is 0 Å². The van der Waals surface area contributed by atoms with E-state index < -0.39 is 16.1 Å². The van der Waals surface area contributed by atoms with Crippen molar-refractivity contribution in [3.05, 3.63) is 101 Å². The van der Waals surface area contributed by atoms with Crippen molar-refractivity contribution in [2.75, 3.05) is 23.7 Å². The van der Waals surface area contributed by atoms with Gasteiger partial charge in [0.25, 0.3) is 0 Å². The molecule has 0 bridgehead atoms. The van der Waals surface area contributed by atoms with Crippen LogP contribution in [0.1, 0.15) is 48.4 Å². The van der Waals surface area contributed by atoms with Crippen LogP contribution in [0.2, 0.25) is 0 Å². The van der Waals surface area contributed by atoms with E-state index in [4.69, 9.17) is 0 Å². The zero-order valence-electron chi connectivity index (χ0n) is 24.0. The van der Waals surface area contributed by atoms with Crippen molar-refractivity contribution in [2.45, 2.75) is 59.0 Å². The molecule has 3 rings (SSSR count). The fraction of sp³-hybridized carbons (Fsp3) is 0.375. The van der Waals surface area contributed by atoms with E-state index in [-0.39, 0.29) is 31.3 Å². The molecule has 0 spiro atoms. The number of nitrogens with one attached hydrogen (secondary N) is 1. The van der Waals surface area contributed by atoms with Crippen LogP contribution < -0.4 is 9.62 Å². The Morgan fingerprint density at radius 2 is 1.52 bits per heavy atom. The van der Waals surface area contributed by atoms with E-state index in [1.807, 2.05) is 87.5 Å². The SMILES string of the molecule is CCCNC(=O)[C@H](Cc1ccccc1)N(Cc1ccc(C)cc1)C(=O)CCCN(c1ccccc1C)S(C)(=O)=O. The molecule has 3 aromatic rings. The quantitative estimate of drug-likeness (QED) is 0.299. The molecule has 0 saturated heterocycles. The van der Waals surface area contributed by atoms with Gasteiger partial charge in [0.05, 0.1) is 11.9 Å². The van der Waals surface area contributed by atoms with Crippen LogP contribution in [0.15, 0.2) is 78.9 Å². The largest absolute Gasteiger partial charge is 0.354 e. The van der Waals surface area contributed by atoms with Gasteiger partial charge >= 0.3 is 0 Å². The highest BCUT2D eigenvalue weighted by atomic mass is 32.2. The highest BCUT2D eigenvalue weighted by Crippen LogP contribution is 2.23. The summed E-state index contributed by atoms with van der Waals surface area (Å²) in [7, 11) is -3.55. The molecule has 8 heteroatoms. The number of para-hydroxylation sites is 1. The van der Waals surface area contributed by atoms with Crippen molar-refractivity contribution in [1.29, 1.82) is 0 Å². The average Bonchev–Trinajstić information content (AvgIpc) is 2.93. The number of amides is 2. The summed E-state index contributed by atoms with van der Waals surface area (Å²) in [6.07, 6.45) is 2.77. The summed E-state index contributed by atoms with van der Waals surface area (Å²) in [4.78, 5) is 28.9. The van der Waals surface area contributed by atoms with E-state index in [0.717, 1.165) is 28.7 Å². The Labute approximate surface area is 239 Å². The van der Waals surface area contributed by atoms with Gasteiger partial charge < -0.3 is 10.2 Å². The second-order valence-corrected chi connectivity index (χ2v) is 12.1. The fourth-order valence-corrected chi connectivity index (χ4v) is 5.66. The van der Waals surface area contributed by atoms with Gasteiger partial charge in [0.1, 0.15) is 6.04 Å². The molecule has 0 aliphatic carbocycles. The first-order chi connectivity index (χ1) is 19.1. The molecule has 3 aromatic carbocycles. The second kappa shape index (κ2) is 14.7. The van der Waals surface area contributed by atoms with E-state index in [0.29, 0.717) is 25.1 Å². The topological polar surface area (TPSA) is 86.8 Å². The van der Waals surface area contributed by atoms with Crippen LogP contribution in [0.4, 0.5) is 5.69 Å². The molecule has 7 nitrogen and oxygen atoms in total. The Hall–Kier alpha value is -3.65. The third-order valence-corrected chi connectivity index (χ3v) is 8.01. The molecule has 1 N–H and O–H groups in total. The highest BCUT2D eigenvalue weighted by molar-refractivity contribution is 7.92. The summed E-state index contributed by atoms with van der Waals surface area (Å²) in [6, 6.07) is 24.2. The Kier molecular flexibility index (Phi) is 11.3. The minimum atomic E-state index is -3.55. The Morgan fingerprint density at radius 1 is 0.875 bits per heavy atom. The molecule has 0 aliphatic rings. The number of rotatable bonds is 14. The number of nitrogens with zero attached hydrogens (tertiary/aromatic N) is 2. The highest BCUT2D eigenvalue weighted by Gasteiger charge is 2.30. The van der Waals surface area contributed by atoms with Gasteiger partial charge in [-0.05, 0) is 49.4 Å². The van der Waals surface area contributed by atoms with Gasteiger partial charge in [-0.3, -0.25) is 13.9 Å². The zero-order valence-corrected chi connectivity index (χ0v) is 24.8. The summed E-state index contributed by atoms with van der Waals surface area (Å²) in [5.74, 6) is -0.379. The van der Waals surface area contributed by atoms with E-state index in [1.54, 1.807) is 17.0 Å². The van der Waals surface area contributed by atoms with E-state index in [1.165, 1.54) is 10.6 Å². The van der Waals surface area contributed by atoms with E-state index in [2.05, 4.69) is 5.32 Å². The number of anilines is 1. The minimum absolute atomic E-state index is 0.107. The third kappa shape index (κ3) is 8.95. The summed E-state index contributed by atoms with van der Waals surface area (Å²) in [5, 5.41) is 2.98. The van der Waals surface area contributed by atoms with Gasteiger partial charge in [-0.25, -0.2) is 8.42 Å². The first-order valence-electron chi connectivity index (χ1n) is 13.8. The maximum absolute atomic E-state index is 13.8. The van der Waals surface area contributed by atoms with Crippen LogP contribution in [-0.4, -0.2) is 50.5 Å². The van der Waals surface area contributed by atoms with Gasteiger partial charge in [-0.2, -0.15) is 0 Å². The Bertz CT molecular complexity index is 1360. The number of carbonyl (C=O) groups is 2. The van der Waals surface area contributed by atoms with Crippen LogP contribution >= 0.6 is 0 Å². The van der Waals surface area contributed by atoms with Gasteiger partial charge in [-0.1, -0.05) is 85.3 Å². The van der Waals surface area contributed by atoms with Crippen molar-refractivity contribution in [3.63, 3.8) is 0 Å². The van der Waals surface area contributed by atoms with Gasteiger partial charge in [-0.15, -0.1) is 0 Å². The lowest BCUT2D eigenvalue weighted by Gasteiger charge is -2.32. The fourth-order valence-electron chi connectivity index (χ4n) is 4.64. The molecule has 0 fully saturated rings.